The smallest absolute Gasteiger partial charge is 0.253 e. The first kappa shape index (κ1) is 23.5. The molecule has 0 saturated carbocycles. The number of hydrogen-bond acceptors (Lipinski definition) is 4. The fourth-order valence-corrected chi connectivity index (χ4v) is 5.44. The van der Waals surface area contributed by atoms with Crippen molar-refractivity contribution in [3.05, 3.63) is 58.9 Å². The molecule has 0 bridgehead atoms. The van der Waals surface area contributed by atoms with Crippen LogP contribution in [0.15, 0.2) is 47.4 Å². The maximum absolute atomic E-state index is 13.0. The zero-order chi connectivity index (χ0) is 22.4. The number of ether oxygens (including phenoxy) is 1. The SMILES string of the molecule is CN(CCCOc1ccc(F)cc1)C(=O)c1ccc(Cl)c(S(=O)(=O)N2CCCCC2)c1. The molecule has 2 aromatic rings. The van der Waals surface area contributed by atoms with Crippen molar-refractivity contribution in [2.45, 2.75) is 30.6 Å². The molecule has 31 heavy (non-hydrogen) atoms. The normalized spacial score (nSPS) is 14.9. The molecule has 3 rings (SSSR count). The van der Waals surface area contributed by atoms with Gasteiger partial charge in [-0.25, -0.2) is 12.8 Å². The minimum Gasteiger partial charge on any atom is -0.494 e. The van der Waals surface area contributed by atoms with Gasteiger partial charge in [0.15, 0.2) is 0 Å². The second-order valence-electron chi connectivity index (χ2n) is 7.49. The summed E-state index contributed by atoms with van der Waals surface area (Å²) in [7, 11) is -2.10. The molecule has 6 nitrogen and oxygen atoms in total. The fraction of sp³-hybridized carbons (Fsp3) is 0.409. The van der Waals surface area contributed by atoms with Gasteiger partial charge >= 0.3 is 0 Å². The van der Waals surface area contributed by atoms with Crippen LogP contribution in [0.25, 0.3) is 0 Å². The van der Waals surface area contributed by atoms with E-state index in [0.717, 1.165) is 19.3 Å². The van der Waals surface area contributed by atoms with Crippen molar-refractivity contribution in [1.29, 1.82) is 0 Å². The average molecular weight is 469 g/mol. The average Bonchev–Trinajstić information content (AvgIpc) is 2.78. The van der Waals surface area contributed by atoms with Crippen LogP contribution in [-0.4, -0.2) is 56.8 Å². The number of benzene rings is 2. The summed E-state index contributed by atoms with van der Waals surface area (Å²) >= 11 is 6.18. The van der Waals surface area contributed by atoms with E-state index in [4.69, 9.17) is 16.3 Å². The van der Waals surface area contributed by atoms with E-state index in [0.29, 0.717) is 38.4 Å². The van der Waals surface area contributed by atoms with E-state index in [1.165, 1.54) is 39.5 Å². The van der Waals surface area contributed by atoms with E-state index >= 15 is 0 Å². The lowest BCUT2D eigenvalue weighted by Gasteiger charge is -2.26. The predicted molar refractivity (Wildman–Crippen MR) is 118 cm³/mol. The van der Waals surface area contributed by atoms with Gasteiger partial charge in [0.2, 0.25) is 10.0 Å². The first-order valence-electron chi connectivity index (χ1n) is 10.2. The largest absolute Gasteiger partial charge is 0.494 e. The number of rotatable bonds is 8. The number of nitrogens with zero attached hydrogens (tertiary/aromatic N) is 2. The summed E-state index contributed by atoms with van der Waals surface area (Å²) in [5.74, 6) is -0.0727. The van der Waals surface area contributed by atoms with Crippen molar-refractivity contribution < 1.29 is 22.3 Å². The third-order valence-electron chi connectivity index (χ3n) is 5.18. The highest BCUT2D eigenvalue weighted by atomic mass is 35.5. The van der Waals surface area contributed by atoms with Crippen LogP contribution in [0.5, 0.6) is 5.75 Å². The topological polar surface area (TPSA) is 66.9 Å². The third-order valence-corrected chi connectivity index (χ3v) is 7.56. The highest BCUT2D eigenvalue weighted by Gasteiger charge is 2.29. The summed E-state index contributed by atoms with van der Waals surface area (Å²) in [5, 5.41) is 0.109. The first-order valence-corrected chi connectivity index (χ1v) is 12.0. The number of amides is 1. The maximum atomic E-state index is 13.0. The second-order valence-corrected chi connectivity index (χ2v) is 9.81. The molecule has 1 fully saturated rings. The summed E-state index contributed by atoms with van der Waals surface area (Å²) < 4.78 is 45.9. The Morgan fingerprint density at radius 3 is 2.48 bits per heavy atom. The van der Waals surface area contributed by atoms with E-state index in [-0.39, 0.29) is 27.2 Å². The number of halogens is 2. The lowest BCUT2D eigenvalue weighted by molar-refractivity contribution is 0.0787. The van der Waals surface area contributed by atoms with Crippen LogP contribution in [0.2, 0.25) is 5.02 Å². The molecule has 2 aromatic carbocycles. The monoisotopic (exact) mass is 468 g/mol. The Kier molecular flexibility index (Phi) is 7.91. The van der Waals surface area contributed by atoms with Crippen LogP contribution in [0.3, 0.4) is 0 Å². The second kappa shape index (κ2) is 10.4. The Balaban J connectivity index is 1.61. The van der Waals surface area contributed by atoms with Crippen LogP contribution in [0.1, 0.15) is 36.0 Å². The molecule has 0 unspecified atom stereocenters. The number of piperidine rings is 1. The van der Waals surface area contributed by atoms with Crippen LogP contribution in [-0.2, 0) is 10.0 Å². The standard InChI is InChI=1S/C22H26ClFN2O4S/c1-25(12-5-15-30-19-9-7-18(24)8-10-19)22(27)17-6-11-20(23)21(16-17)31(28,29)26-13-3-2-4-14-26/h6-11,16H,2-5,12-15H2,1H3. The highest BCUT2D eigenvalue weighted by molar-refractivity contribution is 7.89. The lowest BCUT2D eigenvalue weighted by Crippen LogP contribution is -2.36. The van der Waals surface area contributed by atoms with Crippen molar-refractivity contribution in [1.82, 2.24) is 9.21 Å². The van der Waals surface area contributed by atoms with Gasteiger partial charge in [-0.2, -0.15) is 4.31 Å². The molecule has 1 heterocycles. The van der Waals surface area contributed by atoms with Gasteiger partial charge in [0.05, 0.1) is 11.6 Å². The molecule has 0 N–H and O–H groups in total. The van der Waals surface area contributed by atoms with Crippen molar-refractivity contribution in [3.8, 4) is 5.75 Å². The molecule has 1 aliphatic rings. The molecule has 1 aliphatic heterocycles. The van der Waals surface area contributed by atoms with Gasteiger partial charge in [-0.1, -0.05) is 18.0 Å². The van der Waals surface area contributed by atoms with E-state index in [1.807, 2.05) is 0 Å². The van der Waals surface area contributed by atoms with Gasteiger partial charge in [0.1, 0.15) is 16.5 Å². The molecule has 0 spiro atoms. The summed E-state index contributed by atoms with van der Waals surface area (Å²) in [5.41, 5.74) is 0.266. The molecule has 168 valence electrons. The zero-order valence-electron chi connectivity index (χ0n) is 17.4. The van der Waals surface area contributed by atoms with Gasteiger partial charge in [-0.3, -0.25) is 4.79 Å². The minimum absolute atomic E-state index is 0.0324. The van der Waals surface area contributed by atoms with E-state index < -0.39 is 10.0 Å². The van der Waals surface area contributed by atoms with Gasteiger partial charge in [0.25, 0.3) is 5.91 Å². The molecular formula is C22H26ClFN2O4S. The summed E-state index contributed by atoms with van der Waals surface area (Å²) in [6.07, 6.45) is 3.20. The Morgan fingerprint density at radius 2 is 1.81 bits per heavy atom. The van der Waals surface area contributed by atoms with E-state index in [1.54, 1.807) is 19.2 Å². The van der Waals surface area contributed by atoms with Gasteiger partial charge in [-0.05, 0) is 61.7 Å². The quantitative estimate of drug-likeness (QED) is 0.545. The fourth-order valence-electron chi connectivity index (χ4n) is 3.42. The van der Waals surface area contributed by atoms with Crippen molar-refractivity contribution in [2.24, 2.45) is 0 Å². The van der Waals surface area contributed by atoms with Crippen LogP contribution < -0.4 is 4.74 Å². The lowest BCUT2D eigenvalue weighted by atomic mass is 10.2. The molecule has 0 radical (unpaired) electrons. The van der Waals surface area contributed by atoms with Crippen molar-refractivity contribution in [3.63, 3.8) is 0 Å². The highest BCUT2D eigenvalue weighted by Crippen LogP contribution is 2.28. The Labute approximate surface area is 187 Å². The summed E-state index contributed by atoms with van der Waals surface area (Å²) in [4.78, 5) is 14.3. The molecule has 1 saturated heterocycles. The molecule has 9 heteroatoms. The summed E-state index contributed by atoms with van der Waals surface area (Å²) in [6.45, 7) is 1.70. The van der Waals surface area contributed by atoms with Crippen molar-refractivity contribution in [2.75, 3.05) is 33.3 Å². The minimum atomic E-state index is -3.75. The predicted octanol–water partition coefficient (Wildman–Crippen LogP) is 4.19. The van der Waals surface area contributed by atoms with Crippen molar-refractivity contribution >= 4 is 27.5 Å². The Morgan fingerprint density at radius 1 is 1.13 bits per heavy atom. The number of carbonyl (C=O) groups excluding carboxylic acids is 1. The molecule has 0 atom stereocenters. The third kappa shape index (κ3) is 5.96. The number of sulfonamides is 1. The molecular weight excluding hydrogens is 443 g/mol. The maximum Gasteiger partial charge on any atom is 0.253 e. The van der Waals surface area contributed by atoms with Crippen LogP contribution >= 0.6 is 11.6 Å². The number of carbonyl (C=O) groups is 1. The summed E-state index contributed by atoms with van der Waals surface area (Å²) in [6, 6.07) is 10.1. The molecule has 0 aromatic heterocycles. The Hall–Kier alpha value is -2.16. The van der Waals surface area contributed by atoms with E-state index in [2.05, 4.69) is 0 Å². The number of hydrogen-bond donors (Lipinski definition) is 0. The Bertz CT molecular complexity index is 1010. The molecule has 0 aliphatic carbocycles. The van der Waals surface area contributed by atoms with Crippen LogP contribution in [0, 0.1) is 5.82 Å². The van der Waals surface area contributed by atoms with Gasteiger partial charge in [0, 0.05) is 32.2 Å². The van der Waals surface area contributed by atoms with Crippen LogP contribution in [0.4, 0.5) is 4.39 Å². The van der Waals surface area contributed by atoms with E-state index in [9.17, 15) is 17.6 Å². The molecule has 1 amide bonds. The first-order chi connectivity index (χ1) is 14.8. The van der Waals surface area contributed by atoms with Gasteiger partial charge in [-0.15, -0.1) is 0 Å². The van der Waals surface area contributed by atoms with Gasteiger partial charge < -0.3 is 9.64 Å². The zero-order valence-corrected chi connectivity index (χ0v) is 19.0.